The van der Waals surface area contributed by atoms with E-state index in [1.54, 1.807) is 0 Å². The van der Waals surface area contributed by atoms with Gasteiger partial charge in [0.05, 0.1) is 11.9 Å². The van der Waals surface area contributed by atoms with Gasteiger partial charge in [-0.05, 0) is 43.8 Å². The number of rotatable bonds is 5. The van der Waals surface area contributed by atoms with Crippen molar-refractivity contribution in [1.82, 2.24) is 14.5 Å². The lowest BCUT2D eigenvalue weighted by Gasteiger charge is -2.32. The first-order valence-corrected chi connectivity index (χ1v) is 9.62. The molecule has 1 aliphatic rings. The molecule has 0 atom stereocenters. The molecule has 2 aromatic carbocycles. The van der Waals surface area contributed by atoms with Crippen molar-refractivity contribution >= 4 is 0 Å². The van der Waals surface area contributed by atoms with Gasteiger partial charge < -0.3 is 4.57 Å². The predicted molar refractivity (Wildman–Crippen MR) is 107 cm³/mol. The van der Waals surface area contributed by atoms with Crippen LogP contribution in [0.1, 0.15) is 24.1 Å². The Morgan fingerprint density at radius 2 is 1.58 bits per heavy atom. The average Bonchev–Trinajstić information content (AvgIpc) is 3.05. The molecule has 0 aliphatic carbocycles. The van der Waals surface area contributed by atoms with Crippen LogP contribution in [0.15, 0.2) is 66.9 Å². The lowest BCUT2D eigenvalue weighted by molar-refractivity contribution is 0.174. The first-order chi connectivity index (χ1) is 12.8. The summed E-state index contributed by atoms with van der Waals surface area (Å²) >= 11 is 0. The number of imidazole rings is 1. The summed E-state index contributed by atoms with van der Waals surface area (Å²) in [7, 11) is 2.13. The summed E-state index contributed by atoms with van der Waals surface area (Å²) in [6, 6.07) is 21.4. The molecule has 0 spiro atoms. The molecule has 2 heterocycles. The van der Waals surface area contributed by atoms with E-state index in [0.29, 0.717) is 0 Å². The van der Waals surface area contributed by atoms with Crippen molar-refractivity contribution in [2.75, 3.05) is 13.1 Å². The molecule has 26 heavy (non-hydrogen) atoms. The summed E-state index contributed by atoms with van der Waals surface area (Å²) in [5.74, 6) is 1.87. The summed E-state index contributed by atoms with van der Waals surface area (Å²) in [4.78, 5) is 7.24. The Hall–Kier alpha value is -2.39. The van der Waals surface area contributed by atoms with Crippen LogP contribution < -0.4 is 0 Å². The summed E-state index contributed by atoms with van der Waals surface area (Å²) in [5.41, 5.74) is 3.96. The standard InChI is InChI=1S/C23H27N3/c1-25-22(17-24-23(25)21-10-6-3-7-11-21)18-26-14-12-20(13-15-26)16-19-8-4-2-5-9-19/h2-11,17,20H,12-16,18H2,1H3. The minimum Gasteiger partial charge on any atom is -0.330 e. The van der Waals surface area contributed by atoms with E-state index in [1.807, 2.05) is 12.3 Å². The van der Waals surface area contributed by atoms with Crippen molar-refractivity contribution in [2.45, 2.75) is 25.8 Å². The van der Waals surface area contributed by atoms with Crippen molar-refractivity contribution in [1.29, 1.82) is 0 Å². The van der Waals surface area contributed by atoms with Gasteiger partial charge in [0, 0.05) is 19.2 Å². The second-order valence-corrected chi connectivity index (χ2v) is 7.41. The number of hydrogen-bond donors (Lipinski definition) is 0. The normalized spacial score (nSPS) is 16.0. The van der Waals surface area contributed by atoms with Crippen molar-refractivity contribution < 1.29 is 0 Å². The Bertz CT molecular complexity index is 815. The van der Waals surface area contributed by atoms with Gasteiger partial charge in [0.25, 0.3) is 0 Å². The highest BCUT2D eigenvalue weighted by molar-refractivity contribution is 5.55. The van der Waals surface area contributed by atoms with Gasteiger partial charge in [0.2, 0.25) is 0 Å². The van der Waals surface area contributed by atoms with E-state index < -0.39 is 0 Å². The molecule has 0 amide bonds. The fourth-order valence-corrected chi connectivity index (χ4v) is 3.97. The lowest BCUT2D eigenvalue weighted by atomic mass is 9.90. The number of likely N-dealkylation sites (tertiary alicyclic amines) is 1. The van der Waals surface area contributed by atoms with Crippen molar-refractivity contribution in [3.05, 3.63) is 78.1 Å². The molecular weight excluding hydrogens is 318 g/mol. The minimum absolute atomic E-state index is 0.820. The number of nitrogens with zero attached hydrogens (tertiary/aromatic N) is 3. The SMILES string of the molecule is Cn1c(CN2CCC(Cc3ccccc3)CC2)cnc1-c1ccccc1. The van der Waals surface area contributed by atoms with Crippen LogP contribution >= 0.6 is 0 Å². The molecule has 3 aromatic rings. The zero-order valence-corrected chi connectivity index (χ0v) is 15.5. The van der Waals surface area contributed by atoms with Gasteiger partial charge in [-0.3, -0.25) is 4.90 Å². The van der Waals surface area contributed by atoms with Gasteiger partial charge in [-0.25, -0.2) is 4.98 Å². The molecule has 1 fully saturated rings. The average molecular weight is 345 g/mol. The fraction of sp³-hybridized carbons (Fsp3) is 0.348. The maximum absolute atomic E-state index is 4.66. The Morgan fingerprint density at radius 1 is 0.923 bits per heavy atom. The van der Waals surface area contributed by atoms with Crippen LogP contribution in [0.5, 0.6) is 0 Å². The third-order valence-electron chi connectivity index (χ3n) is 5.58. The van der Waals surface area contributed by atoms with Crippen molar-refractivity contribution in [3.63, 3.8) is 0 Å². The Balaban J connectivity index is 1.34. The number of aromatic nitrogens is 2. The van der Waals surface area contributed by atoms with Gasteiger partial charge in [-0.15, -0.1) is 0 Å². The van der Waals surface area contributed by atoms with Crippen LogP contribution in [0.4, 0.5) is 0 Å². The second kappa shape index (κ2) is 7.88. The molecule has 1 saturated heterocycles. The van der Waals surface area contributed by atoms with Crippen LogP contribution in [0, 0.1) is 5.92 Å². The third kappa shape index (κ3) is 3.88. The number of benzene rings is 2. The highest BCUT2D eigenvalue weighted by Gasteiger charge is 2.20. The van der Waals surface area contributed by atoms with E-state index >= 15 is 0 Å². The number of piperidine rings is 1. The van der Waals surface area contributed by atoms with Gasteiger partial charge in [-0.2, -0.15) is 0 Å². The third-order valence-corrected chi connectivity index (χ3v) is 5.58. The van der Waals surface area contributed by atoms with Gasteiger partial charge in [0.15, 0.2) is 0 Å². The maximum Gasteiger partial charge on any atom is 0.139 e. The zero-order chi connectivity index (χ0) is 17.8. The van der Waals surface area contributed by atoms with Crippen LogP contribution in [0.3, 0.4) is 0 Å². The van der Waals surface area contributed by atoms with E-state index in [1.165, 1.54) is 49.2 Å². The van der Waals surface area contributed by atoms with Crippen LogP contribution in [-0.4, -0.2) is 27.5 Å². The summed E-state index contributed by atoms with van der Waals surface area (Å²) in [6.07, 6.45) is 5.84. The first-order valence-electron chi connectivity index (χ1n) is 9.62. The van der Waals surface area contributed by atoms with Gasteiger partial charge in [-0.1, -0.05) is 60.7 Å². The zero-order valence-electron chi connectivity index (χ0n) is 15.5. The molecule has 134 valence electrons. The molecule has 4 rings (SSSR count). The molecule has 0 bridgehead atoms. The van der Waals surface area contributed by atoms with Crippen LogP contribution in [-0.2, 0) is 20.0 Å². The van der Waals surface area contributed by atoms with E-state index in [0.717, 1.165) is 18.3 Å². The van der Waals surface area contributed by atoms with E-state index in [2.05, 4.69) is 76.1 Å². The Kier molecular flexibility index (Phi) is 5.16. The highest BCUT2D eigenvalue weighted by atomic mass is 15.2. The largest absolute Gasteiger partial charge is 0.330 e. The van der Waals surface area contributed by atoms with Gasteiger partial charge in [0.1, 0.15) is 5.82 Å². The highest BCUT2D eigenvalue weighted by Crippen LogP contribution is 2.24. The quantitative estimate of drug-likeness (QED) is 0.677. The monoisotopic (exact) mass is 345 g/mol. The maximum atomic E-state index is 4.66. The second-order valence-electron chi connectivity index (χ2n) is 7.41. The van der Waals surface area contributed by atoms with Crippen molar-refractivity contribution in [3.8, 4) is 11.4 Å². The molecule has 0 N–H and O–H groups in total. The Labute approximate surface area is 156 Å². The van der Waals surface area contributed by atoms with Crippen molar-refractivity contribution in [2.24, 2.45) is 13.0 Å². The molecule has 0 unspecified atom stereocenters. The van der Waals surface area contributed by atoms with E-state index in [4.69, 9.17) is 0 Å². The van der Waals surface area contributed by atoms with E-state index in [-0.39, 0.29) is 0 Å². The molecule has 0 radical (unpaired) electrons. The summed E-state index contributed by atoms with van der Waals surface area (Å²) < 4.78 is 2.24. The molecular formula is C23H27N3. The van der Waals surface area contributed by atoms with Crippen LogP contribution in [0.25, 0.3) is 11.4 Å². The van der Waals surface area contributed by atoms with Gasteiger partial charge >= 0.3 is 0 Å². The summed E-state index contributed by atoms with van der Waals surface area (Å²) in [6.45, 7) is 3.36. The minimum atomic E-state index is 0.820. The molecule has 1 aliphatic heterocycles. The molecule has 3 nitrogen and oxygen atoms in total. The smallest absolute Gasteiger partial charge is 0.139 e. The Morgan fingerprint density at radius 3 is 2.27 bits per heavy atom. The van der Waals surface area contributed by atoms with E-state index in [9.17, 15) is 0 Å². The summed E-state index contributed by atoms with van der Waals surface area (Å²) in [5, 5.41) is 0. The van der Waals surface area contributed by atoms with Crippen LogP contribution in [0.2, 0.25) is 0 Å². The predicted octanol–water partition coefficient (Wildman–Crippen LogP) is 4.54. The first kappa shape index (κ1) is 17.0. The lowest BCUT2D eigenvalue weighted by Crippen LogP contribution is -2.34. The number of hydrogen-bond acceptors (Lipinski definition) is 2. The molecule has 3 heteroatoms. The topological polar surface area (TPSA) is 21.1 Å². The molecule has 1 aromatic heterocycles. The molecule has 0 saturated carbocycles. The fourth-order valence-electron chi connectivity index (χ4n) is 3.97.